The topological polar surface area (TPSA) is 57.3 Å². The second kappa shape index (κ2) is 6.52. The molecule has 0 bridgehead atoms. The highest BCUT2D eigenvalue weighted by molar-refractivity contribution is 5.82. The van der Waals surface area contributed by atoms with Gasteiger partial charge in [0.2, 0.25) is 5.91 Å². The second-order valence-corrected chi connectivity index (χ2v) is 4.73. The van der Waals surface area contributed by atoms with Crippen molar-refractivity contribution in [2.24, 2.45) is 0 Å². The van der Waals surface area contributed by atoms with E-state index >= 15 is 0 Å². The fraction of sp³-hybridized carbons (Fsp3) is 0.571. The molecule has 1 aromatic rings. The predicted octanol–water partition coefficient (Wildman–Crippen LogP) is 1.08. The molecule has 1 amide bonds. The lowest BCUT2D eigenvalue weighted by Gasteiger charge is -2.28. The van der Waals surface area contributed by atoms with Gasteiger partial charge in [-0.05, 0) is 25.1 Å². The fourth-order valence-corrected chi connectivity index (χ4v) is 2.35. The van der Waals surface area contributed by atoms with Crippen LogP contribution >= 0.6 is 0 Å². The van der Waals surface area contributed by atoms with Crippen molar-refractivity contribution in [2.45, 2.75) is 26.3 Å². The summed E-state index contributed by atoms with van der Waals surface area (Å²) in [6.07, 6.45) is 2.89. The van der Waals surface area contributed by atoms with E-state index in [2.05, 4.69) is 46.5 Å². The van der Waals surface area contributed by atoms with Crippen molar-refractivity contribution in [1.82, 2.24) is 15.6 Å². The van der Waals surface area contributed by atoms with E-state index in [1.807, 2.05) is 6.20 Å². The maximum Gasteiger partial charge on any atom is 0.239 e. The molecule has 1 fully saturated rings. The predicted molar refractivity (Wildman–Crippen MR) is 76.2 cm³/mol. The lowest BCUT2D eigenvalue weighted by atomic mass is 10.1. The molecule has 1 aromatic heterocycles. The van der Waals surface area contributed by atoms with Crippen LogP contribution in [0.4, 0.5) is 5.69 Å². The van der Waals surface area contributed by atoms with Crippen LogP contribution in [0.15, 0.2) is 18.3 Å². The van der Waals surface area contributed by atoms with Crippen LogP contribution < -0.4 is 15.5 Å². The first-order chi connectivity index (χ1) is 9.24. The third-order valence-electron chi connectivity index (χ3n) is 3.39. The van der Waals surface area contributed by atoms with Gasteiger partial charge >= 0.3 is 0 Å². The molecule has 1 unspecified atom stereocenters. The highest BCUT2D eigenvalue weighted by atomic mass is 16.2. The number of nitrogens with zero attached hydrogens (tertiary/aromatic N) is 2. The van der Waals surface area contributed by atoms with Gasteiger partial charge in [0.25, 0.3) is 0 Å². The number of aromatic nitrogens is 1. The van der Waals surface area contributed by atoms with E-state index in [-0.39, 0.29) is 5.91 Å². The van der Waals surface area contributed by atoms with E-state index in [4.69, 9.17) is 0 Å². The molecule has 0 aliphatic carbocycles. The Morgan fingerprint density at radius 1 is 1.47 bits per heavy atom. The number of anilines is 1. The van der Waals surface area contributed by atoms with E-state index < -0.39 is 0 Å². The lowest BCUT2D eigenvalue weighted by Crippen LogP contribution is -2.47. The van der Waals surface area contributed by atoms with Gasteiger partial charge in [-0.1, -0.05) is 13.8 Å². The van der Waals surface area contributed by atoms with Crippen LogP contribution in [0, 0.1) is 0 Å². The van der Waals surface area contributed by atoms with Crippen LogP contribution in [0.25, 0.3) is 0 Å². The van der Waals surface area contributed by atoms with Crippen molar-refractivity contribution in [3.8, 4) is 0 Å². The number of rotatable bonds is 5. The number of hydrogen-bond acceptors (Lipinski definition) is 4. The van der Waals surface area contributed by atoms with Crippen molar-refractivity contribution < 1.29 is 4.79 Å². The zero-order valence-electron chi connectivity index (χ0n) is 11.6. The average Bonchev–Trinajstić information content (AvgIpc) is 2.45. The number of piperazine rings is 1. The smallest absolute Gasteiger partial charge is 0.239 e. The maximum atomic E-state index is 11.4. The van der Waals surface area contributed by atoms with Gasteiger partial charge in [-0.15, -0.1) is 0 Å². The largest absolute Gasteiger partial charge is 0.359 e. The summed E-state index contributed by atoms with van der Waals surface area (Å²) in [7, 11) is 0. The van der Waals surface area contributed by atoms with E-state index in [1.165, 1.54) is 0 Å². The van der Waals surface area contributed by atoms with E-state index in [0.29, 0.717) is 19.1 Å². The van der Waals surface area contributed by atoms with Gasteiger partial charge in [0, 0.05) is 19.1 Å². The van der Waals surface area contributed by atoms with E-state index in [0.717, 1.165) is 30.9 Å². The van der Waals surface area contributed by atoms with Gasteiger partial charge in [-0.25, -0.2) is 0 Å². The van der Waals surface area contributed by atoms with Crippen LogP contribution in [0.3, 0.4) is 0 Å². The van der Waals surface area contributed by atoms with Crippen LogP contribution in [-0.2, 0) is 4.79 Å². The molecular weight excluding hydrogens is 240 g/mol. The standard InChI is InChI=1S/C14H22N4O/c1-3-12(15-4-2)13-6-5-11(9-17-13)18-8-7-16-14(19)10-18/h5-6,9,12,15H,3-4,7-8,10H2,1-2H3,(H,16,19). The molecule has 5 nitrogen and oxygen atoms in total. The number of pyridine rings is 1. The molecule has 5 heteroatoms. The minimum absolute atomic E-state index is 0.0782. The molecule has 2 heterocycles. The Labute approximate surface area is 114 Å². The molecule has 1 aliphatic heterocycles. The summed E-state index contributed by atoms with van der Waals surface area (Å²) in [6.45, 7) is 7.16. The molecule has 19 heavy (non-hydrogen) atoms. The van der Waals surface area contributed by atoms with Gasteiger partial charge < -0.3 is 15.5 Å². The van der Waals surface area contributed by atoms with E-state index in [9.17, 15) is 4.79 Å². The molecule has 0 spiro atoms. The number of carbonyl (C=O) groups is 1. The Balaban J connectivity index is 2.06. The number of carbonyl (C=O) groups excluding carboxylic acids is 1. The summed E-state index contributed by atoms with van der Waals surface area (Å²) in [6, 6.07) is 4.42. The van der Waals surface area contributed by atoms with E-state index in [1.54, 1.807) is 0 Å². The maximum absolute atomic E-state index is 11.4. The summed E-state index contributed by atoms with van der Waals surface area (Å²) < 4.78 is 0. The zero-order valence-corrected chi connectivity index (χ0v) is 11.6. The highest BCUT2D eigenvalue weighted by Gasteiger charge is 2.17. The van der Waals surface area contributed by atoms with Gasteiger partial charge in [-0.2, -0.15) is 0 Å². The lowest BCUT2D eigenvalue weighted by molar-refractivity contribution is -0.120. The third-order valence-corrected chi connectivity index (χ3v) is 3.39. The molecule has 0 radical (unpaired) electrons. The van der Waals surface area contributed by atoms with Gasteiger partial charge in [0.05, 0.1) is 24.1 Å². The molecule has 1 aliphatic rings. The minimum Gasteiger partial charge on any atom is -0.359 e. The van der Waals surface area contributed by atoms with Crippen molar-refractivity contribution >= 4 is 11.6 Å². The second-order valence-electron chi connectivity index (χ2n) is 4.73. The fourth-order valence-electron chi connectivity index (χ4n) is 2.35. The molecule has 2 N–H and O–H groups in total. The quantitative estimate of drug-likeness (QED) is 0.833. The van der Waals surface area contributed by atoms with Gasteiger partial charge in [-0.3, -0.25) is 9.78 Å². The summed E-state index contributed by atoms with van der Waals surface area (Å²) >= 11 is 0. The van der Waals surface area contributed by atoms with Crippen molar-refractivity contribution in [3.63, 3.8) is 0 Å². The zero-order chi connectivity index (χ0) is 13.7. The molecule has 1 atom stereocenters. The Morgan fingerprint density at radius 2 is 2.32 bits per heavy atom. The number of amides is 1. The van der Waals surface area contributed by atoms with Crippen LogP contribution in [-0.4, -0.2) is 37.1 Å². The highest BCUT2D eigenvalue weighted by Crippen LogP contribution is 2.18. The van der Waals surface area contributed by atoms with Crippen molar-refractivity contribution in [3.05, 3.63) is 24.0 Å². The van der Waals surface area contributed by atoms with Crippen LogP contribution in [0.5, 0.6) is 0 Å². The summed E-state index contributed by atoms with van der Waals surface area (Å²) in [5, 5.41) is 6.24. The third kappa shape index (κ3) is 3.44. The van der Waals surface area contributed by atoms with Crippen molar-refractivity contribution in [2.75, 3.05) is 31.1 Å². The molecule has 0 saturated carbocycles. The van der Waals surface area contributed by atoms with Crippen LogP contribution in [0.1, 0.15) is 32.0 Å². The Bertz CT molecular complexity index is 418. The molecule has 2 rings (SSSR count). The SMILES string of the molecule is CCNC(CC)c1ccc(N2CCNC(=O)C2)cn1. The molecular formula is C14H22N4O. The van der Waals surface area contributed by atoms with Gasteiger partial charge in [0.1, 0.15) is 0 Å². The summed E-state index contributed by atoms with van der Waals surface area (Å²) in [5.74, 6) is 0.0782. The monoisotopic (exact) mass is 262 g/mol. The number of nitrogens with one attached hydrogen (secondary N) is 2. The first-order valence-electron chi connectivity index (χ1n) is 6.95. The molecule has 0 aromatic carbocycles. The number of hydrogen-bond donors (Lipinski definition) is 2. The first kappa shape index (κ1) is 13.8. The minimum atomic E-state index is 0.0782. The average molecular weight is 262 g/mol. The Hall–Kier alpha value is -1.62. The molecule has 1 saturated heterocycles. The van der Waals surface area contributed by atoms with Gasteiger partial charge in [0.15, 0.2) is 0 Å². The van der Waals surface area contributed by atoms with Crippen molar-refractivity contribution in [1.29, 1.82) is 0 Å². The van der Waals surface area contributed by atoms with Crippen LogP contribution in [0.2, 0.25) is 0 Å². The summed E-state index contributed by atoms with van der Waals surface area (Å²) in [4.78, 5) is 18.0. The normalized spacial score (nSPS) is 17.2. The Kier molecular flexibility index (Phi) is 4.74. The molecule has 104 valence electrons. The Morgan fingerprint density at radius 3 is 2.89 bits per heavy atom. The summed E-state index contributed by atoms with van der Waals surface area (Å²) in [5.41, 5.74) is 2.08. The first-order valence-corrected chi connectivity index (χ1v) is 6.95.